The van der Waals surface area contributed by atoms with Gasteiger partial charge < -0.3 is 10.2 Å². The van der Waals surface area contributed by atoms with Crippen molar-refractivity contribution in [2.75, 3.05) is 26.2 Å². The van der Waals surface area contributed by atoms with E-state index < -0.39 is 6.43 Å². The Morgan fingerprint density at radius 3 is 2.59 bits per heavy atom. The van der Waals surface area contributed by atoms with E-state index in [1.54, 1.807) is 6.08 Å². The van der Waals surface area contributed by atoms with Crippen LogP contribution in [0.15, 0.2) is 16.8 Å². The number of allylic oxidation sites excluding steroid dienone is 1. The van der Waals surface area contributed by atoms with Gasteiger partial charge in [-0.1, -0.05) is 13.8 Å². The predicted molar refractivity (Wildman–Crippen MR) is 88.1 cm³/mol. The van der Waals surface area contributed by atoms with E-state index in [9.17, 15) is 8.78 Å². The van der Waals surface area contributed by atoms with Crippen LogP contribution in [0.3, 0.4) is 0 Å². The number of rotatable bonds is 2. The zero-order valence-electron chi connectivity index (χ0n) is 13.4. The molecule has 3 unspecified atom stereocenters. The molecule has 0 aromatic heterocycles. The lowest BCUT2D eigenvalue weighted by molar-refractivity contribution is 0.209. The monoisotopic (exact) mass is 333 g/mol. The minimum Gasteiger partial charge on any atom is -0.372 e. The van der Waals surface area contributed by atoms with Crippen molar-refractivity contribution in [3.63, 3.8) is 0 Å². The maximum absolute atomic E-state index is 13.1. The van der Waals surface area contributed by atoms with Crippen LogP contribution in [0, 0.1) is 5.92 Å². The molecule has 126 valence electrons. The molecule has 1 saturated heterocycles. The third-order valence-corrected chi connectivity index (χ3v) is 4.85. The first-order valence-electron chi connectivity index (χ1n) is 8.32. The zero-order chi connectivity index (χ0) is 16.1. The highest BCUT2D eigenvalue weighted by atomic mass is 35.5. The van der Waals surface area contributed by atoms with Crippen LogP contribution in [-0.2, 0) is 0 Å². The normalized spacial score (nSPS) is 31.7. The maximum atomic E-state index is 13.1. The second-order valence-corrected chi connectivity index (χ2v) is 6.36. The molecule has 2 fully saturated rings. The lowest BCUT2D eigenvalue weighted by Gasteiger charge is -2.42. The molecular weight excluding hydrogens is 308 g/mol. The number of piperazine rings is 1. The third kappa shape index (κ3) is 3.99. The molecule has 0 spiro atoms. The van der Waals surface area contributed by atoms with Gasteiger partial charge in [0, 0.05) is 43.2 Å². The molecule has 3 nitrogen and oxygen atoms in total. The van der Waals surface area contributed by atoms with Crippen LogP contribution in [0.4, 0.5) is 8.78 Å². The minimum absolute atomic E-state index is 0.0643. The van der Waals surface area contributed by atoms with Gasteiger partial charge in [0.1, 0.15) is 5.71 Å². The van der Waals surface area contributed by atoms with Gasteiger partial charge in [0.2, 0.25) is 0 Å². The average molecular weight is 334 g/mol. The molecule has 0 amide bonds. The van der Waals surface area contributed by atoms with Gasteiger partial charge in [-0.25, -0.2) is 8.78 Å². The van der Waals surface area contributed by atoms with Crippen LogP contribution >= 0.6 is 11.6 Å². The fraction of sp³-hybridized carbons (Fsp3) is 0.812. The number of hydrogen-bond donors (Lipinski definition) is 1. The summed E-state index contributed by atoms with van der Waals surface area (Å²) in [5.41, 5.74) is 0.996. The fourth-order valence-electron chi connectivity index (χ4n) is 3.44. The van der Waals surface area contributed by atoms with E-state index in [-0.39, 0.29) is 23.0 Å². The number of nitrogens with one attached hydrogen (secondary N) is 1. The number of halogens is 3. The lowest BCUT2D eigenvalue weighted by atomic mass is 9.79. The number of dihydropyridines is 1. The van der Waals surface area contributed by atoms with Crippen LogP contribution in [0.5, 0.6) is 0 Å². The van der Waals surface area contributed by atoms with Crippen molar-refractivity contribution in [3.8, 4) is 0 Å². The van der Waals surface area contributed by atoms with Crippen LogP contribution in [0.25, 0.3) is 0 Å². The second-order valence-electron chi connectivity index (χ2n) is 5.75. The highest BCUT2D eigenvalue weighted by Gasteiger charge is 2.37. The summed E-state index contributed by atoms with van der Waals surface area (Å²) >= 11 is 6.20. The van der Waals surface area contributed by atoms with Gasteiger partial charge in [-0.3, -0.25) is 4.99 Å². The van der Waals surface area contributed by atoms with Crippen molar-refractivity contribution in [3.05, 3.63) is 11.8 Å². The molecule has 0 aromatic rings. The Balaban J connectivity index is 0.000000847. The van der Waals surface area contributed by atoms with Gasteiger partial charge in [0.25, 0.3) is 6.43 Å². The molecule has 1 saturated carbocycles. The average Bonchev–Trinajstić information content (AvgIpc) is 2.56. The summed E-state index contributed by atoms with van der Waals surface area (Å²) in [6.45, 7) is 7.59. The van der Waals surface area contributed by atoms with Crippen LogP contribution in [-0.4, -0.2) is 54.6 Å². The van der Waals surface area contributed by atoms with Crippen molar-refractivity contribution in [1.82, 2.24) is 10.2 Å². The zero-order valence-corrected chi connectivity index (χ0v) is 14.1. The topological polar surface area (TPSA) is 27.6 Å². The predicted octanol–water partition coefficient (Wildman–Crippen LogP) is 3.30. The molecule has 3 atom stereocenters. The largest absolute Gasteiger partial charge is 0.372 e. The van der Waals surface area contributed by atoms with Crippen LogP contribution < -0.4 is 5.32 Å². The molecule has 3 aliphatic rings. The van der Waals surface area contributed by atoms with E-state index >= 15 is 0 Å². The highest BCUT2D eigenvalue weighted by molar-refractivity contribution is 6.20. The van der Waals surface area contributed by atoms with Crippen LogP contribution in [0.2, 0.25) is 0 Å². The van der Waals surface area contributed by atoms with E-state index in [2.05, 4.69) is 15.2 Å². The Morgan fingerprint density at radius 1 is 1.27 bits per heavy atom. The molecule has 22 heavy (non-hydrogen) atoms. The Kier molecular flexibility index (Phi) is 6.63. The molecule has 1 N–H and O–H groups in total. The van der Waals surface area contributed by atoms with Gasteiger partial charge in [0.05, 0.1) is 6.04 Å². The van der Waals surface area contributed by atoms with Crippen molar-refractivity contribution < 1.29 is 8.78 Å². The van der Waals surface area contributed by atoms with Crippen molar-refractivity contribution in [2.45, 2.75) is 51.0 Å². The lowest BCUT2D eigenvalue weighted by Crippen LogP contribution is -2.47. The molecule has 0 radical (unpaired) electrons. The minimum atomic E-state index is -2.50. The van der Waals surface area contributed by atoms with E-state index in [0.29, 0.717) is 6.42 Å². The van der Waals surface area contributed by atoms with Crippen LogP contribution in [0.1, 0.15) is 33.1 Å². The molecule has 2 heterocycles. The van der Waals surface area contributed by atoms with E-state index in [1.807, 2.05) is 13.8 Å². The van der Waals surface area contributed by atoms with Crippen molar-refractivity contribution >= 4 is 17.3 Å². The van der Waals surface area contributed by atoms with Gasteiger partial charge in [-0.15, -0.1) is 11.6 Å². The van der Waals surface area contributed by atoms with E-state index in [1.165, 1.54) is 0 Å². The third-order valence-electron chi connectivity index (χ3n) is 4.45. The Bertz CT molecular complexity index is 420. The fourth-order valence-corrected chi connectivity index (χ4v) is 3.75. The SMILES string of the molecule is CC.FC(F)C1=NC2CC(Cl)CCC2C(N2CCNCC2)=C1. The number of nitrogens with zero attached hydrogens (tertiary/aromatic N) is 2. The first-order chi connectivity index (χ1) is 10.6. The number of hydrogen-bond acceptors (Lipinski definition) is 3. The first kappa shape index (κ1) is 17.7. The molecule has 2 aliphatic heterocycles. The summed E-state index contributed by atoms with van der Waals surface area (Å²) in [5, 5.41) is 3.37. The highest BCUT2D eigenvalue weighted by Crippen LogP contribution is 2.38. The summed E-state index contributed by atoms with van der Waals surface area (Å²) in [7, 11) is 0. The summed E-state index contributed by atoms with van der Waals surface area (Å²) in [6, 6.07) is -0.0647. The molecule has 1 aliphatic carbocycles. The summed E-state index contributed by atoms with van der Waals surface area (Å²) in [4.78, 5) is 6.51. The van der Waals surface area contributed by atoms with Crippen molar-refractivity contribution in [2.24, 2.45) is 10.9 Å². The van der Waals surface area contributed by atoms with E-state index in [0.717, 1.165) is 44.7 Å². The number of alkyl halides is 3. The Labute approximate surface area is 136 Å². The first-order valence-corrected chi connectivity index (χ1v) is 8.76. The standard InChI is InChI=1S/C14H20ClF2N3.C2H6/c15-9-1-2-10-11(7-9)19-12(14(16)17)8-13(10)20-5-3-18-4-6-20;1-2/h8-11,14,18H,1-7H2;1-2H3. The van der Waals surface area contributed by atoms with E-state index in [4.69, 9.17) is 11.6 Å². The second kappa shape index (κ2) is 8.25. The number of fused-ring (bicyclic) bond motifs is 1. The van der Waals surface area contributed by atoms with Crippen molar-refractivity contribution in [1.29, 1.82) is 0 Å². The number of aliphatic imine (C=N–C) groups is 1. The molecule has 0 bridgehead atoms. The maximum Gasteiger partial charge on any atom is 0.280 e. The van der Waals surface area contributed by atoms with Gasteiger partial charge in [-0.05, 0) is 25.3 Å². The van der Waals surface area contributed by atoms with Gasteiger partial charge in [-0.2, -0.15) is 0 Å². The molecule has 0 aromatic carbocycles. The van der Waals surface area contributed by atoms with Gasteiger partial charge in [0.15, 0.2) is 0 Å². The van der Waals surface area contributed by atoms with Gasteiger partial charge >= 0.3 is 0 Å². The summed E-state index contributed by atoms with van der Waals surface area (Å²) in [6.07, 6.45) is 1.75. The summed E-state index contributed by atoms with van der Waals surface area (Å²) in [5.74, 6) is 0.269. The Morgan fingerprint density at radius 2 is 1.95 bits per heavy atom. The molecule has 6 heteroatoms. The smallest absolute Gasteiger partial charge is 0.280 e. The molecule has 3 rings (SSSR count). The quantitative estimate of drug-likeness (QED) is 0.785. The Hall–Kier alpha value is -0.680. The molecular formula is C16H26ClF2N3. The summed E-state index contributed by atoms with van der Waals surface area (Å²) < 4.78 is 26.2.